The van der Waals surface area contributed by atoms with Gasteiger partial charge >= 0.3 is 5.97 Å². The van der Waals surface area contributed by atoms with Crippen molar-refractivity contribution >= 4 is 23.1 Å². The van der Waals surface area contributed by atoms with Gasteiger partial charge in [-0.2, -0.15) is 0 Å². The highest BCUT2D eigenvalue weighted by Gasteiger charge is 2.07. The lowest BCUT2D eigenvalue weighted by Gasteiger charge is -2.09. The van der Waals surface area contributed by atoms with Crippen molar-refractivity contribution in [2.45, 2.75) is 6.92 Å². The lowest BCUT2D eigenvalue weighted by atomic mass is 9.99. The first-order chi connectivity index (χ1) is 10.0. The van der Waals surface area contributed by atoms with Gasteiger partial charge in [0.1, 0.15) is 5.75 Å². The van der Waals surface area contributed by atoms with Gasteiger partial charge in [0, 0.05) is 16.7 Å². The summed E-state index contributed by atoms with van der Waals surface area (Å²) in [6, 6.07) is 12.3. The van der Waals surface area contributed by atoms with Crippen LogP contribution in [0.25, 0.3) is 16.7 Å². The molecule has 0 aliphatic carbocycles. The van der Waals surface area contributed by atoms with Gasteiger partial charge in [0.2, 0.25) is 0 Å². The highest BCUT2D eigenvalue weighted by atomic mass is 35.5. The Morgan fingerprint density at radius 3 is 2.48 bits per heavy atom. The maximum atomic E-state index is 11.3. The zero-order valence-electron chi connectivity index (χ0n) is 11.8. The van der Waals surface area contributed by atoms with Gasteiger partial charge in [-0.05, 0) is 47.9 Å². The molecule has 0 unspecified atom stereocenters. The molecule has 0 aliphatic rings. The van der Waals surface area contributed by atoms with Gasteiger partial charge in [-0.1, -0.05) is 29.8 Å². The molecule has 108 valence electrons. The molecule has 0 atom stereocenters. The number of phenols is 1. The Morgan fingerprint density at radius 1 is 1.19 bits per heavy atom. The summed E-state index contributed by atoms with van der Waals surface area (Å²) in [6.45, 7) is 1.83. The Kier molecular flexibility index (Phi) is 4.66. The summed E-state index contributed by atoms with van der Waals surface area (Å²) in [4.78, 5) is 11.3. The summed E-state index contributed by atoms with van der Waals surface area (Å²) in [7, 11) is 1.34. The molecule has 0 amide bonds. The summed E-state index contributed by atoms with van der Waals surface area (Å²) in [6.07, 6.45) is 1.43. The number of allylic oxidation sites excluding steroid dienone is 1. The smallest absolute Gasteiger partial charge is 0.330 e. The minimum atomic E-state index is -0.395. The molecule has 4 heteroatoms. The van der Waals surface area contributed by atoms with Crippen LogP contribution in [0, 0.1) is 0 Å². The Morgan fingerprint density at radius 2 is 1.86 bits per heavy atom. The van der Waals surface area contributed by atoms with Crippen LogP contribution in [-0.2, 0) is 9.53 Å². The summed E-state index contributed by atoms with van der Waals surface area (Å²) in [5.74, 6) is -0.193. The van der Waals surface area contributed by atoms with Crippen molar-refractivity contribution < 1.29 is 14.6 Å². The molecule has 2 rings (SSSR count). The van der Waals surface area contributed by atoms with E-state index in [1.165, 1.54) is 13.2 Å². The molecular weight excluding hydrogens is 288 g/mol. The van der Waals surface area contributed by atoms with Crippen LogP contribution in [0.5, 0.6) is 5.75 Å². The minimum Gasteiger partial charge on any atom is -0.508 e. The predicted molar refractivity (Wildman–Crippen MR) is 84.2 cm³/mol. The number of carbonyl (C=O) groups is 1. The van der Waals surface area contributed by atoms with E-state index in [1.54, 1.807) is 30.3 Å². The molecule has 0 saturated carbocycles. The Hall–Kier alpha value is -2.26. The number of benzene rings is 2. The normalized spacial score (nSPS) is 11.3. The zero-order valence-corrected chi connectivity index (χ0v) is 12.5. The number of carbonyl (C=O) groups excluding carboxylic acids is 1. The SMILES string of the molecule is COC(=O)/C=C(\C)c1ccc(Cl)c(-c2ccc(O)cc2)c1. The number of hydrogen-bond acceptors (Lipinski definition) is 3. The van der Waals surface area contributed by atoms with Crippen molar-refractivity contribution in [3.8, 4) is 16.9 Å². The van der Waals surface area contributed by atoms with Gasteiger partial charge in [-0.15, -0.1) is 0 Å². The van der Waals surface area contributed by atoms with Crippen LogP contribution < -0.4 is 0 Å². The van der Waals surface area contributed by atoms with Gasteiger partial charge in [-0.3, -0.25) is 0 Å². The quantitative estimate of drug-likeness (QED) is 0.679. The third-order valence-corrected chi connectivity index (χ3v) is 3.47. The molecule has 0 spiro atoms. The average molecular weight is 303 g/mol. The average Bonchev–Trinajstić information content (AvgIpc) is 2.48. The number of hydrogen-bond donors (Lipinski definition) is 1. The van der Waals surface area contributed by atoms with Gasteiger partial charge < -0.3 is 9.84 Å². The number of ether oxygens (including phenoxy) is 1. The van der Waals surface area contributed by atoms with Crippen molar-refractivity contribution in [1.82, 2.24) is 0 Å². The molecular formula is C17H15ClO3. The lowest BCUT2D eigenvalue weighted by molar-refractivity contribution is -0.134. The predicted octanol–water partition coefficient (Wildman–Crippen LogP) is 4.29. The maximum Gasteiger partial charge on any atom is 0.330 e. The molecule has 3 nitrogen and oxygen atoms in total. The van der Waals surface area contributed by atoms with Crippen molar-refractivity contribution in [2.24, 2.45) is 0 Å². The van der Waals surface area contributed by atoms with Crippen molar-refractivity contribution in [1.29, 1.82) is 0 Å². The fourth-order valence-corrected chi connectivity index (χ4v) is 2.18. The number of aromatic hydroxyl groups is 1. The lowest BCUT2D eigenvalue weighted by Crippen LogP contribution is -1.96. The van der Waals surface area contributed by atoms with Gasteiger partial charge in [0.05, 0.1) is 7.11 Å². The Bertz CT molecular complexity index is 688. The van der Waals surface area contributed by atoms with Crippen LogP contribution in [-0.4, -0.2) is 18.2 Å². The molecule has 1 N–H and O–H groups in total. The van der Waals surface area contributed by atoms with Crippen LogP contribution >= 0.6 is 11.6 Å². The van der Waals surface area contributed by atoms with Gasteiger partial charge in [0.25, 0.3) is 0 Å². The van der Waals surface area contributed by atoms with E-state index in [0.29, 0.717) is 5.02 Å². The van der Waals surface area contributed by atoms with Crippen molar-refractivity contribution in [3.63, 3.8) is 0 Å². The van der Waals surface area contributed by atoms with Crippen LogP contribution in [0.3, 0.4) is 0 Å². The van der Waals surface area contributed by atoms with E-state index in [2.05, 4.69) is 4.74 Å². The molecule has 0 aromatic heterocycles. The standard InChI is InChI=1S/C17H15ClO3/c1-11(9-17(20)21-2)13-5-8-16(18)15(10-13)12-3-6-14(19)7-4-12/h3-10,19H,1-2H3/b11-9+. The van der Waals surface area contributed by atoms with E-state index in [4.69, 9.17) is 11.6 Å². The van der Waals surface area contributed by atoms with E-state index in [9.17, 15) is 9.90 Å². The Balaban J connectivity index is 2.44. The summed E-state index contributed by atoms with van der Waals surface area (Å²) >= 11 is 6.23. The first-order valence-corrected chi connectivity index (χ1v) is 6.74. The van der Waals surface area contributed by atoms with E-state index in [0.717, 1.165) is 22.3 Å². The third kappa shape index (κ3) is 3.64. The van der Waals surface area contributed by atoms with E-state index < -0.39 is 5.97 Å². The third-order valence-electron chi connectivity index (χ3n) is 3.14. The summed E-state index contributed by atoms with van der Waals surface area (Å²) < 4.78 is 4.62. The topological polar surface area (TPSA) is 46.5 Å². The van der Waals surface area contributed by atoms with Crippen LogP contribution in [0.2, 0.25) is 5.02 Å². The summed E-state index contributed by atoms with van der Waals surface area (Å²) in [5, 5.41) is 9.96. The monoisotopic (exact) mass is 302 g/mol. The second-order valence-corrected chi connectivity index (χ2v) is 5.00. The molecule has 2 aromatic carbocycles. The molecule has 21 heavy (non-hydrogen) atoms. The summed E-state index contributed by atoms with van der Waals surface area (Å²) in [5.41, 5.74) is 3.41. The second kappa shape index (κ2) is 6.46. The highest BCUT2D eigenvalue weighted by molar-refractivity contribution is 6.33. The number of halogens is 1. The molecule has 0 fully saturated rings. The number of rotatable bonds is 3. The molecule has 0 heterocycles. The van der Waals surface area contributed by atoms with Gasteiger partial charge in [0.15, 0.2) is 0 Å². The zero-order chi connectivity index (χ0) is 15.4. The second-order valence-electron chi connectivity index (χ2n) is 4.59. The maximum absolute atomic E-state index is 11.3. The van der Waals surface area contributed by atoms with Crippen LogP contribution in [0.1, 0.15) is 12.5 Å². The van der Waals surface area contributed by atoms with E-state index >= 15 is 0 Å². The van der Waals surface area contributed by atoms with E-state index in [-0.39, 0.29) is 5.75 Å². The van der Waals surface area contributed by atoms with Gasteiger partial charge in [-0.25, -0.2) is 4.79 Å². The van der Waals surface area contributed by atoms with Crippen LogP contribution in [0.15, 0.2) is 48.5 Å². The minimum absolute atomic E-state index is 0.202. The van der Waals surface area contributed by atoms with Crippen molar-refractivity contribution in [3.05, 3.63) is 59.1 Å². The number of esters is 1. The van der Waals surface area contributed by atoms with Crippen molar-refractivity contribution in [2.75, 3.05) is 7.11 Å². The van der Waals surface area contributed by atoms with E-state index in [1.807, 2.05) is 19.1 Å². The molecule has 0 aliphatic heterocycles. The largest absolute Gasteiger partial charge is 0.508 e. The molecule has 2 aromatic rings. The number of phenolic OH excluding ortho intramolecular Hbond substituents is 1. The van der Waals surface area contributed by atoms with Crippen LogP contribution in [0.4, 0.5) is 0 Å². The fraction of sp³-hybridized carbons (Fsp3) is 0.118. The molecule has 0 radical (unpaired) electrons. The first-order valence-electron chi connectivity index (χ1n) is 6.37. The number of methoxy groups -OCH3 is 1. The molecule has 0 saturated heterocycles. The Labute approximate surface area is 128 Å². The highest BCUT2D eigenvalue weighted by Crippen LogP contribution is 2.31. The fourth-order valence-electron chi connectivity index (χ4n) is 1.95. The molecule has 0 bridgehead atoms. The first kappa shape index (κ1) is 15.1.